The maximum Gasteiger partial charge on any atom is 0.229 e. The Balaban J connectivity index is 1.54. The second kappa shape index (κ2) is 7.65. The number of nitrogens with zero attached hydrogens (tertiary/aromatic N) is 1. The van der Waals surface area contributed by atoms with Gasteiger partial charge in [-0.15, -0.1) is 0 Å². The van der Waals surface area contributed by atoms with Crippen LogP contribution < -0.4 is 10.0 Å². The van der Waals surface area contributed by atoms with Gasteiger partial charge in [0.2, 0.25) is 21.8 Å². The van der Waals surface area contributed by atoms with Crippen LogP contribution in [0.1, 0.15) is 37.7 Å². The summed E-state index contributed by atoms with van der Waals surface area (Å²) in [7, 11) is -3.34. The van der Waals surface area contributed by atoms with Crippen molar-refractivity contribution in [2.75, 3.05) is 17.5 Å². The van der Waals surface area contributed by atoms with Crippen LogP contribution in [0.15, 0.2) is 24.3 Å². The summed E-state index contributed by atoms with van der Waals surface area (Å²) in [5, 5.41) is 2.87. The molecule has 2 N–H and O–H groups in total. The van der Waals surface area contributed by atoms with E-state index in [0.717, 1.165) is 37.5 Å². The standard InChI is InChI=1S/C18H25N3O4S/c1-26(24,25)20-15-6-4-5-13(9-15)11-19-18(23)14-10-17(22)21(12-14)16-7-2-3-8-16/h4-6,9,14,16,20H,2-3,7-8,10-12H2,1H3,(H,19,23). The average Bonchev–Trinajstić information content (AvgIpc) is 3.20. The molecule has 1 heterocycles. The number of sulfonamides is 1. The summed E-state index contributed by atoms with van der Waals surface area (Å²) >= 11 is 0. The van der Waals surface area contributed by atoms with Crippen LogP contribution in [-0.2, 0) is 26.2 Å². The number of carbonyl (C=O) groups is 2. The number of hydrogen-bond donors (Lipinski definition) is 2. The van der Waals surface area contributed by atoms with Crippen molar-refractivity contribution >= 4 is 27.5 Å². The largest absolute Gasteiger partial charge is 0.352 e. The zero-order chi connectivity index (χ0) is 18.7. The van der Waals surface area contributed by atoms with E-state index in [1.54, 1.807) is 18.2 Å². The lowest BCUT2D eigenvalue weighted by Gasteiger charge is -2.23. The monoisotopic (exact) mass is 379 g/mol. The first kappa shape index (κ1) is 18.7. The summed E-state index contributed by atoms with van der Waals surface area (Å²) in [6.45, 7) is 0.803. The zero-order valence-corrected chi connectivity index (χ0v) is 15.7. The molecule has 1 saturated carbocycles. The Morgan fingerprint density at radius 3 is 2.69 bits per heavy atom. The van der Waals surface area contributed by atoms with Gasteiger partial charge >= 0.3 is 0 Å². The molecule has 1 aliphatic heterocycles. The molecule has 3 rings (SSSR count). The molecule has 1 atom stereocenters. The molecule has 2 amide bonds. The number of likely N-dealkylation sites (tertiary alicyclic amines) is 1. The van der Waals surface area contributed by atoms with Gasteiger partial charge < -0.3 is 10.2 Å². The van der Waals surface area contributed by atoms with Crippen molar-refractivity contribution in [1.82, 2.24) is 10.2 Å². The van der Waals surface area contributed by atoms with Crippen molar-refractivity contribution in [2.45, 2.75) is 44.7 Å². The summed E-state index contributed by atoms with van der Waals surface area (Å²) in [5.74, 6) is -0.350. The molecule has 0 aromatic heterocycles. The highest BCUT2D eigenvalue weighted by Gasteiger charge is 2.38. The fraction of sp³-hybridized carbons (Fsp3) is 0.556. The van der Waals surface area contributed by atoms with Crippen LogP contribution >= 0.6 is 0 Å². The van der Waals surface area contributed by atoms with E-state index in [4.69, 9.17) is 0 Å². The third kappa shape index (κ3) is 4.75. The predicted octanol–water partition coefficient (Wildman–Crippen LogP) is 1.47. The molecule has 0 spiro atoms. The smallest absolute Gasteiger partial charge is 0.229 e. The summed E-state index contributed by atoms with van der Waals surface area (Å²) < 4.78 is 25.0. The quantitative estimate of drug-likeness (QED) is 0.782. The molecule has 1 unspecified atom stereocenters. The molecule has 1 aliphatic carbocycles. The molecule has 2 fully saturated rings. The van der Waals surface area contributed by atoms with E-state index in [1.807, 2.05) is 11.0 Å². The maximum absolute atomic E-state index is 12.4. The molecule has 7 nitrogen and oxygen atoms in total. The molecular formula is C18H25N3O4S. The van der Waals surface area contributed by atoms with Gasteiger partial charge in [0, 0.05) is 31.2 Å². The van der Waals surface area contributed by atoms with Crippen molar-refractivity contribution in [3.05, 3.63) is 29.8 Å². The van der Waals surface area contributed by atoms with Crippen LogP contribution in [0, 0.1) is 5.92 Å². The topological polar surface area (TPSA) is 95.6 Å². The van der Waals surface area contributed by atoms with Gasteiger partial charge in [0.05, 0.1) is 12.2 Å². The summed E-state index contributed by atoms with van der Waals surface area (Å²) in [5.41, 5.74) is 1.26. The number of amides is 2. The average molecular weight is 379 g/mol. The molecule has 1 saturated heterocycles. The van der Waals surface area contributed by atoms with Crippen LogP contribution in [0.2, 0.25) is 0 Å². The van der Waals surface area contributed by atoms with E-state index in [0.29, 0.717) is 24.8 Å². The lowest BCUT2D eigenvalue weighted by Crippen LogP contribution is -2.36. The Morgan fingerprint density at radius 2 is 2.00 bits per heavy atom. The second-order valence-electron chi connectivity index (χ2n) is 7.18. The maximum atomic E-state index is 12.4. The van der Waals surface area contributed by atoms with Gasteiger partial charge in [-0.3, -0.25) is 14.3 Å². The van der Waals surface area contributed by atoms with E-state index in [2.05, 4.69) is 10.0 Å². The second-order valence-corrected chi connectivity index (χ2v) is 8.93. The number of hydrogen-bond acceptors (Lipinski definition) is 4. The fourth-order valence-corrected chi connectivity index (χ4v) is 4.32. The lowest BCUT2D eigenvalue weighted by atomic mass is 10.1. The van der Waals surface area contributed by atoms with Gasteiger partial charge in [-0.2, -0.15) is 0 Å². The predicted molar refractivity (Wildman–Crippen MR) is 98.8 cm³/mol. The van der Waals surface area contributed by atoms with Crippen LogP contribution in [0.4, 0.5) is 5.69 Å². The minimum atomic E-state index is -3.34. The number of benzene rings is 1. The highest BCUT2D eigenvalue weighted by atomic mass is 32.2. The number of rotatable bonds is 6. The van der Waals surface area contributed by atoms with Crippen LogP contribution in [0.25, 0.3) is 0 Å². The van der Waals surface area contributed by atoms with E-state index < -0.39 is 10.0 Å². The summed E-state index contributed by atoms with van der Waals surface area (Å²) in [6, 6.07) is 7.20. The highest BCUT2D eigenvalue weighted by Crippen LogP contribution is 2.29. The molecule has 0 bridgehead atoms. The number of anilines is 1. The van der Waals surface area contributed by atoms with E-state index >= 15 is 0 Å². The molecule has 8 heteroatoms. The van der Waals surface area contributed by atoms with Gasteiger partial charge in [0.15, 0.2) is 0 Å². The first-order valence-corrected chi connectivity index (χ1v) is 10.8. The lowest BCUT2D eigenvalue weighted by molar-refractivity contribution is -0.130. The zero-order valence-electron chi connectivity index (χ0n) is 14.9. The molecule has 0 radical (unpaired) electrons. The van der Waals surface area contributed by atoms with Crippen LogP contribution in [-0.4, -0.2) is 44.0 Å². The number of nitrogens with one attached hydrogen (secondary N) is 2. The Morgan fingerprint density at radius 1 is 1.27 bits per heavy atom. The fourth-order valence-electron chi connectivity index (χ4n) is 3.77. The molecule has 1 aromatic carbocycles. The third-order valence-electron chi connectivity index (χ3n) is 4.99. The Hall–Kier alpha value is -2.09. The minimum absolute atomic E-state index is 0.0800. The molecular weight excluding hydrogens is 354 g/mol. The molecule has 26 heavy (non-hydrogen) atoms. The van der Waals surface area contributed by atoms with Gasteiger partial charge in [-0.25, -0.2) is 8.42 Å². The van der Waals surface area contributed by atoms with E-state index in [9.17, 15) is 18.0 Å². The third-order valence-corrected chi connectivity index (χ3v) is 5.60. The first-order valence-electron chi connectivity index (χ1n) is 8.96. The van der Waals surface area contributed by atoms with E-state index in [1.165, 1.54) is 0 Å². The van der Waals surface area contributed by atoms with Crippen molar-refractivity contribution in [3.8, 4) is 0 Å². The Labute approximate surface area is 154 Å². The summed E-state index contributed by atoms with van der Waals surface area (Å²) in [6.07, 6.45) is 5.76. The SMILES string of the molecule is CS(=O)(=O)Nc1cccc(CNC(=O)C2CC(=O)N(C3CCCC3)C2)c1. The van der Waals surface area contributed by atoms with Gasteiger partial charge in [-0.1, -0.05) is 25.0 Å². The van der Waals surface area contributed by atoms with Gasteiger partial charge in [0.25, 0.3) is 0 Å². The summed E-state index contributed by atoms with van der Waals surface area (Å²) in [4.78, 5) is 26.5. The van der Waals surface area contributed by atoms with Crippen molar-refractivity contribution in [3.63, 3.8) is 0 Å². The molecule has 142 valence electrons. The van der Waals surface area contributed by atoms with Gasteiger partial charge in [-0.05, 0) is 30.5 Å². The Kier molecular flexibility index (Phi) is 5.50. The minimum Gasteiger partial charge on any atom is -0.352 e. The van der Waals surface area contributed by atoms with Crippen LogP contribution in [0.3, 0.4) is 0 Å². The van der Waals surface area contributed by atoms with Crippen molar-refractivity contribution in [1.29, 1.82) is 0 Å². The first-order chi connectivity index (χ1) is 12.3. The Bertz CT molecular complexity index is 787. The van der Waals surface area contributed by atoms with Crippen molar-refractivity contribution < 1.29 is 18.0 Å². The number of carbonyl (C=O) groups excluding carboxylic acids is 2. The molecule has 2 aliphatic rings. The molecule has 1 aromatic rings. The van der Waals surface area contributed by atoms with Crippen LogP contribution in [0.5, 0.6) is 0 Å². The highest BCUT2D eigenvalue weighted by molar-refractivity contribution is 7.92. The normalized spacial score (nSPS) is 21.2. The van der Waals surface area contributed by atoms with Crippen molar-refractivity contribution in [2.24, 2.45) is 5.92 Å². The van der Waals surface area contributed by atoms with Gasteiger partial charge in [0.1, 0.15) is 0 Å². The van der Waals surface area contributed by atoms with E-state index in [-0.39, 0.29) is 24.2 Å².